The first kappa shape index (κ1) is 19.7. The summed E-state index contributed by atoms with van der Waals surface area (Å²) in [7, 11) is 0. The third kappa shape index (κ3) is 3.35. The van der Waals surface area contributed by atoms with Gasteiger partial charge in [0.05, 0.1) is 11.7 Å². The smallest absolute Gasteiger partial charge is 0.0628 e. The van der Waals surface area contributed by atoms with Crippen LogP contribution in [0.25, 0.3) is 0 Å². The van der Waals surface area contributed by atoms with E-state index < -0.39 is 5.60 Å². The molecule has 2 N–H and O–H groups in total. The highest BCUT2D eigenvalue weighted by Crippen LogP contribution is 2.66. The van der Waals surface area contributed by atoms with Gasteiger partial charge < -0.3 is 10.2 Å². The summed E-state index contributed by atoms with van der Waals surface area (Å²) >= 11 is 0. The van der Waals surface area contributed by atoms with Crippen LogP contribution in [0.1, 0.15) is 90.9 Å². The molecule has 4 aliphatic rings. The molecule has 0 spiro atoms. The van der Waals surface area contributed by atoms with Crippen LogP contribution >= 0.6 is 0 Å². The summed E-state index contributed by atoms with van der Waals surface area (Å²) in [6.07, 6.45) is 18.0. The summed E-state index contributed by atoms with van der Waals surface area (Å²) in [4.78, 5) is 0. The molecule has 0 aliphatic heterocycles. The van der Waals surface area contributed by atoms with Crippen molar-refractivity contribution >= 4 is 0 Å². The Morgan fingerprint density at radius 3 is 2.81 bits per heavy atom. The molecule has 0 radical (unpaired) electrons. The molecule has 27 heavy (non-hydrogen) atoms. The summed E-state index contributed by atoms with van der Waals surface area (Å²) in [5, 5.41) is 21.3. The Balaban J connectivity index is 1.58. The lowest BCUT2D eigenvalue weighted by molar-refractivity contribution is -0.0834. The van der Waals surface area contributed by atoms with E-state index in [1.807, 2.05) is 6.08 Å². The molecule has 2 heteroatoms. The van der Waals surface area contributed by atoms with Crippen LogP contribution < -0.4 is 0 Å². The van der Waals surface area contributed by atoms with E-state index in [2.05, 4.69) is 26.5 Å². The zero-order valence-corrected chi connectivity index (χ0v) is 17.6. The highest BCUT2D eigenvalue weighted by molar-refractivity contribution is 5.25. The number of rotatable bonds is 5. The zero-order valence-electron chi connectivity index (χ0n) is 17.6. The topological polar surface area (TPSA) is 40.5 Å². The van der Waals surface area contributed by atoms with Gasteiger partial charge in [-0.05, 0) is 106 Å². The number of aliphatic hydroxyl groups excluding tert-OH is 1. The quantitative estimate of drug-likeness (QED) is 0.600. The van der Waals surface area contributed by atoms with Crippen molar-refractivity contribution < 1.29 is 10.2 Å². The van der Waals surface area contributed by atoms with Gasteiger partial charge in [-0.2, -0.15) is 0 Å². The van der Waals surface area contributed by atoms with Gasteiger partial charge in [0.25, 0.3) is 0 Å². The van der Waals surface area contributed by atoms with Crippen molar-refractivity contribution in [3.8, 4) is 0 Å². The molecule has 3 fully saturated rings. The molecule has 7 atom stereocenters. The van der Waals surface area contributed by atoms with E-state index in [4.69, 9.17) is 0 Å². The predicted molar refractivity (Wildman–Crippen MR) is 111 cm³/mol. The molecule has 4 rings (SSSR count). The number of hydrogen-bond acceptors (Lipinski definition) is 2. The molecule has 3 saturated carbocycles. The molecular weight excluding hydrogens is 332 g/mol. The normalized spacial score (nSPS) is 45.9. The minimum absolute atomic E-state index is 0.116. The van der Waals surface area contributed by atoms with E-state index in [0.717, 1.165) is 56.3 Å². The molecule has 0 amide bonds. The van der Waals surface area contributed by atoms with Gasteiger partial charge in [-0.15, -0.1) is 6.58 Å². The molecule has 0 aromatic heterocycles. The minimum atomic E-state index is -0.557. The Hall–Kier alpha value is -0.600. The Morgan fingerprint density at radius 1 is 1.22 bits per heavy atom. The summed E-state index contributed by atoms with van der Waals surface area (Å²) in [6, 6.07) is 0. The average Bonchev–Trinajstić information content (AvgIpc) is 3.03. The Kier molecular flexibility index (Phi) is 5.13. The fourth-order valence-electron chi connectivity index (χ4n) is 8.00. The fourth-order valence-corrected chi connectivity index (χ4v) is 8.00. The second-order valence-electron chi connectivity index (χ2n) is 11.0. The second kappa shape index (κ2) is 7.02. The van der Waals surface area contributed by atoms with Gasteiger partial charge in [-0.3, -0.25) is 0 Å². The lowest BCUT2D eigenvalue weighted by Gasteiger charge is -2.58. The highest BCUT2D eigenvalue weighted by Gasteiger charge is 2.58. The highest BCUT2D eigenvalue weighted by atomic mass is 16.3. The van der Waals surface area contributed by atoms with Gasteiger partial charge in [0, 0.05) is 0 Å². The molecule has 0 aromatic carbocycles. The molecule has 4 aliphatic carbocycles. The van der Waals surface area contributed by atoms with Crippen molar-refractivity contribution in [3.63, 3.8) is 0 Å². The van der Waals surface area contributed by atoms with Crippen LogP contribution in [-0.2, 0) is 0 Å². The van der Waals surface area contributed by atoms with Crippen LogP contribution in [0.4, 0.5) is 0 Å². The maximum atomic E-state index is 11.1. The molecular formula is C25H40O2. The molecule has 0 aromatic rings. The minimum Gasteiger partial charge on any atom is -0.393 e. The SMILES string of the molecule is C=CCCC(C)(O)C[C@@]12CCC[C@H]1[C@@H]1CC=C3C[C@@H](O)CC[C@]3(C)[C@H]1CC2. The van der Waals surface area contributed by atoms with Crippen molar-refractivity contribution in [3.05, 3.63) is 24.3 Å². The van der Waals surface area contributed by atoms with Crippen molar-refractivity contribution in [1.29, 1.82) is 0 Å². The van der Waals surface area contributed by atoms with Crippen LogP contribution in [0, 0.1) is 28.6 Å². The second-order valence-corrected chi connectivity index (χ2v) is 11.0. The number of fused-ring (bicyclic) bond motifs is 5. The molecule has 0 saturated heterocycles. The Labute approximate surface area is 166 Å². The Morgan fingerprint density at radius 2 is 2.04 bits per heavy atom. The maximum Gasteiger partial charge on any atom is 0.0628 e. The first-order valence-corrected chi connectivity index (χ1v) is 11.5. The van der Waals surface area contributed by atoms with Gasteiger partial charge in [0.1, 0.15) is 0 Å². The van der Waals surface area contributed by atoms with Crippen molar-refractivity contribution in [2.75, 3.05) is 0 Å². The van der Waals surface area contributed by atoms with E-state index in [-0.39, 0.29) is 6.10 Å². The lowest BCUT2D eigenvalue weighted by atomic mass is 9.47. The van der Waals surface area contributed by atoms with Crippen LogP contribution in [-0.4, -0.2) is 21.9 Å². The van der Waals surface area contributed by atoms with Gasteiger partial charge in [0.15, 0.2) is 0 Å². The number of allylic oxidation sites excluding steroid dienone is 2. The molecule has 0 bridgehead atoms. The van der Waals surface area contributed by atoms with Gasteiger partial charge >= 0.3 is 0 Å². The van der Waals surface area contributed by atoms with Gasteiger partial charge in [0.2, 0.25) is 0 Å². The zero-order chi connectivity index (χ0) is 19.3. The Bertz CT molecular complexity index is 605. The first-order chi connectivity index (χ1) is 12.8. The molecule has 0 heterocycles. The molecule has 2 nitrogen and oxygen atoms in total. The fraction of sp³-hybridized carbons (Fsp3) is 0.840. The van der Waals surface area contributed by atoms with Crippen LogP contribution in [0.5, 0.6) is 0 Å². The van der Waals surface area contributed by atoms with Crippen molar-refractivity contribution in [1.82, 2.24) is 0 Å². The molecule has 1 unspecified atom stereocenters. The number of aliphatic hydroxyl groups is 2. The third-order valence-corrected chi connectivity index (χ3v) is 9.22. The summed E-state index contributed by atoms with van der Waals surface area (Å²) in [6.45, 7) is 8.41. The van der Waals surface area contributed by atoms with E-state index in [0.29, 0.717) is 10.8 Å². The molecule has 152 valence electrons. The maximum absolute atomic E-state index is 11.1. The summed E-state index contributed by atoms with van der Waals surface area (Å²) < 4.78 is 0. The standard InChI is InChI=1S/C25H40O2/c1-4-5-12-23(2,27)17-25-13-6-7-22(25)20-9-8-18-16-19(26)10-14-24(18,3)21(20)11-15-25/h4,8,19-22,26-27H,1,5-7,9-17H2,2-3H3/t19-,20+,21-,22-,23?,24-,25-/m0/s1. The number of hydrogen-bond donors (Lipinski definition) is 2. The van der Waals surface area contributed by atoms with Crippen LogP contribution in [0.3, 0.4) is 0 Å². The van der Waals surface area contributed by atoms with E-state index in [9.17, 15) is 10.2 Å². The van der Waals surface area contributed by atoms with Gasteiger partial charge in [-0.1, -0.05) is 31.1 Å². The van der Waals surface area contributed by atoms with Crippen LogP contribution in [0.15, 0.2) is 24.3 Å². The van der Waals surface area contributed by atoms with E-state index >= 15 is 0 Å². The van der Waals surface area contributed by atoms with Crippen molar-refractivity contribution in [2.45, 2.75) is 103 Å². The third-order valence-electron chi connectivity index (χ3n) is 9.22. The first-order valence-electron chi connectivity index (χ1n) is 11.5. The van der Waals surface area contributed by atoms with E-state index in [1.165, 1.54) is 38.5 Å². The summed E-state index contributed by atoms with van der Waals surface area (Å²) in [5.41, 5.74) is 1.69. The van der Waals surface area contributed by atoms with Gasteiger partial charge in [-0.25, -0.2) is 0 Å². The summed E-state index contributed by atoms with van der Waals surface area (Å²) in [5.74, 6) is 2.37. The lowest BCUT2D eigenvalue weighted by Crippen LogP contribution is -2.51. The largest absolute Gasteiger partial charge is 0.393 e. The van der Waals surface area contributed by atoms with E-state index in [1.54, 1.807) is 5.57 Å². The predicted octanol–water partition coefficient (Wildman–Crippen LogP) is 5.79. The van der Waals surface area contributed by atoms with Crippen molar-refractivity contribution in [2.24, 2.45) is 28.6 Å². The average molecular weight is 373 g/mol. The monoisotopic (exact) mass is 372 g/mol. The van der Waals surface area contributed by atoms with Crippen LogP contribution in [0.2, 0.25) is 0 Å².